The molecule has 4 N–H and O–H groups in total. The van der Waals surface area contributed by atoms with E-state index in [0.717, 1.165) is 28.6 Å². The van der Waals surface area contributed by atoms with Gasteiger partial charge in [-0.2, -0.15) is 30.7 Å². The number of hydrogen-bond donors (Lipinski definition) is 3. The van der Waals surface area contributed by atoms with Gasteiger partial charge in [0, 0.05) is 35.8 Å². The van der Waals surface area contributed by atoms with Crippen LogP contribution in [0.25, 0.3) is 21.3 Å². The Morgan fingerprint density at radius 3 is 2.26 bits per heavy atom. The van der Waals surface area contributed by atoms with Crippen molar-refractivity contribution in [2.45, 2.75) is 24.8 Å². The molecule has 2 aromatic heterocycles. The van der Waals surface area contributed by atoms with Crippen LogP contribution in [0, 0.1) is 5.95 Å². The lowest BCUT2D eigenvalue weighted by Crippen LogP contribution is -2.31. The number of benzene rings is 2. The van der Waals surface area contributed by atoms with Crippen LogP contribution >= 0.6 is 11.3 Å². The van der Waals surface area contributed by atoms with E-state index >= 15 is 0 Å². The van der Waals surface area contributed by atoms with Crippen LogP contribution in [0.1, 0.15) is 11.1 Å². The number of halogens is 7. The third-order valence-corrected chi connectivity index (χ3v) is 5.83. The van der Waals surface area contributed by atoms with E-state index in [9.17, 15) is 30.7 Å². The zero-order valence-electron chi connectivity index (χ0n) is 19.0. The number of nitrogens with one attached hydrogen (secondary N) is 1. The number of carboxylic acid groups (broad SMARTS) is 1. The van der Waals surface area contributed by atoms with Gasteiger partial charge in [-0.1, -0.05) is 35.6 Å². The first-order valence-corrected chi connectivity index (χ1v) is 11.4. The van der Waals surface area contributed by atoms with Crippen LogP contribution in [0.2, 0.25) is 0 Å². The number of aliphatic carboxylic acids is 1. The minimum atomic E-state index is -5.08. The maximum absolute atomic E-state index is 13.4. The highest BCUT2D eigenvalue weighted by Gasteiger charge is 2.38. The molecule has 2 aromatic carbocycles. The van der Waals surface area contributed by atoms with Crippen molar-refractivity contribution in [3.63, 3.8) is 0 Å². The molecule has 4 rings (SSSR count). The zero-order valence-corrected chi connectivity index (χ0v) is 19.8. The third-order valence-electron chi connectivity index (χ3n) is 4.90. The van der Waals surface area contributed by atoms with Crippen molar-refractivity contribution in [2.75, 3.05) is 11.9 Å². The Kier molecular flexibility index (Phi) is 8.83. The van der Waals surface area contributed by atoms with E-state index in [4.69, 9.17) is 15.6 Å². The lowest BCUT2D eigenvalue weighted by molar-refractivity contribution is -0.192. The van der Waals surface area contributed by atoms with Crippen LogP contribution < -0.4 is 11.1 Å². The molecule has 2 heterocycles. The summed E-state index contributed by atoms with van der Waals surface area (Å²) in [5.41, 5.74) is 6.94. The van der Waals surface area contributed by atoms with Crippen molar-refractivity contribution in [2.24, 2.45) is 5.73 Å². The lowest BCUT2D eigenvalue weighted by atomic mass is 10.0. The molecule has 1 atom stereocenters. The SMILES string of the molecule is N[C@H](CNc1nnc(-c2ccc3cnc(F)cc3c2)s1)Cc1ccc(C(F)(F)F)cc1.O=C(O)C(F)(F)F. The van der Waals surface area contributed by atoms with Gasteiger partial charge in [0.2, 0.25) is 11.1 Å². The number of nitrogens with zero attached hydrogens (tertiary/aromatic N) is 3. The Balaban J connectivity index is 0.000000505. The summed E-state index contributed by atoms with van der Waals surface area (Å²) in [5.74, 6) is -3.31. The monoisotopic (exact) mass is 561 g/mol. The summed E-state index contributed by atoms with van der Waals surface area (Å²) in [7, 11) is 0. The fraction of sp³-hybridized carbons (Fsp3) is 0.217. The van der Waals surface area contributed by atoms with Gasteiger partial charge in [-0.15, -0.1) is 10.2 Å². The van der Waals surface area contributed by atoms with Crippen LogP contribution in [0.3, 0.4) is 0 Å². The molecule has 0 saturated heterocycles. The molecule has 0 amide bonds. The molecule has 0 bridgehead atoms. The minimum Gasteiger partial charge on any atom is -0.475 e. The number of nitrogens with two attached hydrogens (primary N) is 1. The number of fused-ring (bicyclic) bond motifs is 1. The largest absolute Gasteiger partial charge is 0.490 e. The quantitative estimate of drug-likeness (QED) is 0.210. The van der Waals surface area contributed by atoms with Gasteiger partial charge in [0.05, 0.1) is 5.56 Å². The van der Waals surface area contributed by atoms with Gasteiger partial charge in [-0.05, 0) is 35.6 Å². The topological polar surface area (TPSA) is 114 Å². The number of carbonyl (C=O) groups is 1. The zero-order chi connectivity index (χ0) is 28.1. The number of rotatable bonds is 6. The number of pyridine rings is 1. The van der Waals surface area contributed by atoms with Crippen LogP contribution in [-0.2, 0) is 17.4 Å². The molecule has 0 aliphatic carbocycles. The second-order valence-corrected chi connectivity index (χ2v) is 8.80. The third kappa shape index (κ3) is 8.08. The average molecular weight is 561 g/mol. The maximum atomic E-state index is 13.4. The molecule has 202 valence electrons. The molecule has 38 heavy (non-hydrogen) atoms. The van der Waals surface area contributed by atoms with Gasteiger partial charge < -0.3 is 16.2 Å². The molecule has 0 fully saturated rings. The summed E-state index contributed by atoms with van der Waals surface area (Å²) in [6.07, 6.45) is -7.55. The molecule has 0 saturated carbocycles. The highest BCUT2D eigenvalue weighted by atomic mass is 32.1. The Morgan fingerprint density at radius 2 is 1.66 bits per heavy atom. The summed E-state index contributed by atoms with van der Waals surface area (Å²) in [6.45, 7) is 0.379. The molecule has 0 radical (unpaired) electrons. The van der Waals surface area contributed by atoms with Crippen molar-refractivity contribution in [3.05, 3.63) is 71.8 Å². The van der Waals surface area contributed by atoms with E-state index in [0.29, 0.717) is 28.5 Å². The summed E-state index contributed by atoms with van der Waals surface area (Å²) < 4.78 is 83.0. The van der Waals surface area contributed by atoms with Crippen molar-refractivity contribution >= 4 is 33.2 Å². The van der Waals surface area contributed by atoms with Crippen molar-refractivity contribution in [1.29, 1.82) is 0 Å². The maximum Gasteiger partial charge on any atom is 0.490 e. The molecule has 15 heteroatoms. The summed E-state index contributed by atoms with van der Waals surface area (Å²) in [4.78, 5) is 12.5. The summed E-state index contributed by atoms with van der Waals surface area (Å²) in [5, 5.41) is 21.3. The van der Waals surface area contributed by atoms with Gasteiger partial charge in [0.15, 0.2) is 0 Å². The van der Waals surface area contributed by atoms with Gasteiger partial charge in [-0.3, -0.25) is 0 Å². The average Bonchev–Trinajstić information content (AvgIpc) is 3.31. The standard InChI is InChI=1S/C21H17F4N5S.C2HF3O2/c22-18-9-15-8-13(3-4-14(15)10-27-18)19-29-30-20(31-19)28-11-17(26)7-12-1-5-16(6-2-12)21(23,24)25;3-2(4,5)1(6)7/h1-6,8-10,17H,7,11,26H2,(H,28,30);(H,6,7)/t17-;/m0./s1. The molecule has 0 aliphatic rings. The Labute approximate surface area is 214 Å². The number of aromatic nitrogens is 3. The van der Waals surface area contributed by atoms with Gasteiger partial charge >= 0.3 is 18.3 Å². The van der Waals surface area contributed by atoms with Gasteiger partial charge in [0.1, 0.15) is 5.01 Å². The number of anilines is 1. The fourth-order valence-corrected chi connectivity index (χ4v) is 3.83. The van der Waals surface area contributed by atoms with Gasteiger partial charge in [-0.25, -0.2) is 9.78 Å². The Morgan fingerprint density at radius 1 is 1.00 bits per heavy atom. The van der Waals surface area contributed by atoms with E-state index in [-0.39, 0.29) is 6.04 Å². The van der Waals surface area contributed by atoms with Gasteiger partial charge in [0.25, 0.3) is 0 Å². The van der Waals surface area contributed by atoms with Crippen LogP contribution in [-0.4, -0.2) is 45.0 Å². The lowest BCUT2D eigenvalue weighted by Gasteiger charge is -2.13. The molecule has 0 unspecified atom stereocenters. The molecular weight excluding hydrogens is 543 g/mol. The number of alkyl halides is 6. The molecule has 4 aromatic rings. The van der Waals surface area contributed by atoms with Crippen molar-refractivity contribution < 1.29 is 40.6 Å². The number of carboxylic acids is 1. The highest BCUT2D eigenvalue weighted by Crippen LogP contribution is 2.30. The summed E-state index contributed by atoms with van der Waals surface area (Å²) >= 11 is 1.33. The summed E-state index contributed by atoms with van der Waals surface area (Å²) in [6, 6.07) is 11.5. The van der Waals surface area contributed by atoms with Crippen molar-refractivity contribution in [3.8, 4) is 10.6 Å². The Bertz CT molecular complexity index is 1390. The van der Waals surface area contributed by atoms with E-state index in [2.05, 4.69) is 20.5 Å². The second-order valence-electron chi connectivity index (χ2n) is 7.82. The molecule has 0 aliphatic heterocycles. The van der Waals surface area contributed by atoms with E-state index in [1.807, 2.05) is 18.2 Å². The van der Waals surface area contributed by atoms with E-state index < -0.39 is 29.8 Å². The second kappa shape index (κ2) is 11.7. The van der Waals surface area contributed by atoms with Crippen LogP contribution in [0.15, 0.2) is 54.7 Å². The highest BCUT2D eigenvalue weighted by molar-refractivity contribution is 7.18. The fourth-order valence-electron chi connectivity index (χ4n) is 3.08. The minimum absolute atomic E-state index is 0.319. The first-order valence-electron chi connectivity index (χ1n) is 10.6. The predicted molar refractivity (Wildman–Crippen MR) is 126 cm³/mol. The van der Waals surface area contributed by atoms with Crippen molar-refractivity contribution in [1.82, 2.24) is 15.2 Å². The molecule has 0 spiro atoms. The van der Waals surface area contributed by atoms with E-state index in [1.54, 1.807) is 0 Å². The Hall–Kier alpha value is -3.85. The normalized spacial score (nSPS) is 12.5. The predicted octanol–water partition coefficient (Wildman–Crippen LogP) is 5.53. The van der Waals surface area contributed by atoms with E-state index in [1.165, 1.54) is 35.7 Å². The molecule has 7 nitrogen and oxygen atoms in total. The molecular formula is C23H18F7N5O2S. The van der Waals surface area contributed by atoms with Crippen LogP contribution in [0.5, 0.6) is 0 Å². The smallest absolute Gasteiger partial charge is 0.475 e. The first-order chi connectivity index (χ1) is 17.7. The van der Waals surface area contributed by atoms with Crippen LogP contribution in [0.4, 0.5) is 35.9 Å². The first kappa shape index (κ1) is 28.7. The number of hydrogen-bond acceptors (Lipinski definition) is 7.